The highest BCUT2D eigenvalue weighted by Crippen LogP contribution is 2.18. The molecule has 0 fully saturated rings. The molecule has 1 aromatic rings. The molecule has 1 rings (SSSR count). The third-order valence-corrected chi connectivity index (χ3v) is 3.35. The molecular formula is C16H28N2O. The summed E-state index contributed by atoms with van der Waals surface area (Å²) in [4.78, 5) is 2.38. The van der Waals surface area contributed by atoms with Crippen molar-refractivity contribution in [1.82, 2.24) is 4.90 Å². The normalized spacial score (nSPS) is 13.0. The Labute approximate surface area is 117 Å². The lowest BCUT2D eigenvalue weighted by Crippen LogP contribution is -2.36. The summed E-state index contributed by atoms with van der Waals surface area (Å²) < 4.78 is 5.58. The first kappa shape index (κ1) is 16.0. The third-order valence-electron chi connectivity index (χ3n) is 3.35. The molecular weight excluding hydrogens is 236 g/mol. The Hall–Kier alpha value is -1.06. The minimum atomic E-state index is 0.0579. The van der Waals surface area contributed by atoms with E-state index in [2.05, 4.69) is 44.7 Å². The molecule has 0 saturated carbocycles. The summed E-state index contributed by atoms with van der Waals surface area (Å²) >= 11 is 0. The Morgan fingerprint density at radius 1 is 1.16 bits per heavy atom. The molecule has 0 bridgehead atoms. The highest BCUT2D eigenvalue weighted by molar-refractivity contribution is 5.29. The van der Waals surface area contributed by atoms with Gasteiger partial charge in [0.25, 0.3) is 0 Å². The molecule has 2 N–H and O–H groups in total. The maximum absolute atomic E-state index is 6.28. The number of ether oxygens (including phenoxy) is 1. The van der Waals surface area contributed by atoms with Crippen LogP contribution >= 0.6 is 0 Å². The average Bonchev–Trinajstić information content (AvgIpc) is 2.42. The summed E-state index contributed by atoms with van der Waals surface area (Å²) in [5, 5.41) is 0. The van der Waals surface area contributed by atoms with Crippen molar-refractivity contribution in [3.8, 4) is 5.75 Å². The van der Waals surface area contributed by atoms with Gasteiger partial charge in [0.2, 0.25) is 0 Å². The van der Waals surface area contributed by atoms with Crippen LogP contribution in [0.15, 0.2) is 24.3 Å². The van der Waals surface area contributed by atoms with Crippen LogP contribution in [0.1, 0.15) is 45.7 Å². The number of likely N-dealkylation sites (N-methyl/N-ethyl adjacent to an activating group) is 1. The number of nitrogens with zero attached hydrogens (tertiary/aromatic N) is 1. The van der Waals surface area contributed by atoms with Crippen molar-refractivity contribution >= 4 is 0 Å². The van der Waals surface area contributed by atoms with Crippen molar-refractivity contribution in [1.29, 1.82) is 0 Å². The van der Waals surface area contributed by atoms with Crippen molar-refractivity contribution in [2.24, 2.45) is 5.73 Å². The molecule has 0 heterocycles. The van der Waals surface area contributed by atoms with Gasteiger partial charge < -0.3 is 10.5 Å². The quantitative estimate of drug-likeness (QED) is 0.783. The minimum Gasteiger partial charge on any atom is -0.494 e. The lowest BCUT2D eigenvalue weighted by Gasteiger charge is -2.28. The Morgan fingerprint density at radius 2 is 1.79 bits per heavy atom. The summed E-state index contributed by atoms with van der Waals surface area (Å²) in [6, 6.07) is 8.76. The highest BCUT2D eigenvalue weighted by Gasteiger charge is 2.13. The van der Waals surface area contributed by atoms with E-state index in [1.807, 2.05) is 12.1 Å². The molecule has 1 unspecified atom stereocenters. The fourth-order valence-electron chi connectivity index (χ4n) is 2.09. The molecule has 0 spiro atoms. The van der Waals surface area contributed by atoms with Crippen LogP contribution in [-0.4, -0.2) is 30.6 Å². The molecule has 0 aliphatic carbocycles. The van der Waals surface area contributed by atoms with Crippen LogP contribution in [0.4, 0.5) is 0 Å². The SMILES string of the molecule is CCCOc1ccc(C(N)CN(CC)C(C)C)cc1. The highest BCUT2D eigenvalue weighted by atomic mass is 16.5. The van der Waals surface area contributed by atoms with E-state index in [-0.39, 0.29) is 6.04 Å². The van der Waals surface area contributed by atoms with Gasteiger partial charge >= 0.3 is 0 Å². The van der Waals surface area contributed by atoms with Crippen LogP contribution in [0.3, 0.4) is 0 Å². The average molecular weight is 264 g/mol. The summed E-state index contributed by atoms with van der Waals surface area (Å²) in [6.45, 7) is 11.4. The smallest absolute Gasteiger partial charge is 0.119 e. The second-order valence-electron chi connectivity index (χ2n) is 5.21. The zero-order valence-corrected chi connectivity index (χ0v) is 12.7. The van der Waals surface area contributed by atoms with E-state index >= 15 is 0 Å². The lowest BCUT2D eigenvalue weighted by molar-refractivity contribution is 0.220. The number of rotatable bonds is 8. The van der Waals surface area contributed by atoms with E-state index in [9.17, 15) is 0 Å². The molecule has 0 radical (unpaired) electrons. The van der Waals surface area contributed by atoms with Crippen molar-refractivity contribution in [3.63, 3.8) is 0 Å². The molecule has 0 aliphatic heterocycles. The summed E-state index contributed by atoms with van der Waals surface area (Å²) in [7, 11) is 0. The van der Waals surface area contributed by atoms with E-state index < -0.39 is 0 Å². The van der Waals surface area contributed by atoms with Gasteiger partial charge in [-0.25, -0.2) is 0 Å². The van der Waals surface area contributed by atoms with E-state index in [1.54, 1.807) is 0 Å². The number of nitrogens with two attached hydrogens (primary N) is 1. The van der Waals surface area contributed by atoms with E-state index in [0.717, 1.165) is 31.9 Å². The van der Waals surface area contributed by atoms with Gasteiger partial charge in [-0.3, -0.25) is 4.90 Å². The molecule has 3 nitrogen and oxygen atoms in total. The molecule has 108 valence electrons. The largest absolute Gasteiger partial charge is 0.494 e. The van der Waals surface area contributed by atoms with Gasteiger partial charge in [0.1, 0.15) is 5.75 Å². The molecule has 1 atom stereocenters. The number of benzene rings is 1. The fourth-order valence-corrected chi connectivity index (χ4v) is 2.09. The lowest BCUT2D eigenvalue weighted by atomic mass is 10.1. The van der Waals surface area contributed by atoms with Crippen molar-refractivity contribution in [2.75, 3.05) is 19.7 Å². The fraction of sp³-hybridized carbons (Fsp3) is 0.625. The Kier molecular flexibility index (Phi) is 6.89. The molecule has 1 aromatic carbocycles. The van der Waals surface area contributed by atoms with Crippen molar-refractivity contribution in [2.45, 2.75) is 46.2 Å². The van der Waals surface area contributed by atoms with Gasteiger partial charge in [0.15, 0.2) is 0 Å². The van der Waals surface area contributed by atoms with Gasteiger partial charge in [0, 0.05) is 18.6 Å². The molecule has 0 aliphatic rings. The van der Waals surface area contributed by atoms with Gasteiger partial charge in [-0.05, 0) is 44.5 Å². The second-order valence-corrected chi connectivity index (χ2v) is 5.21. The molecule has 0 amide bonds. The van der Waals surface area contributed by atoms with Crippen LogP contribution in [-0.2, 0) is 0 Å². The van der Waals surface area contributed by atoms with Gasteiger partial charge in [-0.2, -0.15) is 0 Å². The van der Waals surface area contributed by atoms with Gasteiger partial charge in [-0.1, -0.05) is 26.0 Å². The summed E-state index contributed by atoms with van der Waals surface area (Å²) in [6.07, 6.45) is 1.03. The Bertz CT molecular complexity index is 348. The standard InChI is InChI=1S/C16H28N2O/c1-5-11-19-15-9-7-14(8-10-15)16(17)12-18(6-2)13(3)4/h7-10,13,16H,5-6,11-12,17H2,1-4H3. The maximum atomic E-state index is 6.28. The predicted molar refractivity (Wildman–Crippen MR) is 81.5 cm³/mol. The molecule has 19 heavy (non-hydrogen) atoms. The van der Waals surface area contributed by atoms with Crippen LogP contribution in [0, 0.1) is 0 Å². The first-order valence-electron chi connectivity index (χ1n) is 7.30. The molecule has 3 heteroatoms. The molecule has 0 saturated heterocycles. The van der Waals surface area contributed by atoms with E-state index in [4.69, 9.17) is 10.5 Å². The monoisotopic (exact) mass is 264 g/mol. The van der Waals surface area contributed by atoms with Crippen LogP contribution in [0.5, 0.6) is 5.75 Å². The summed E-state index contributed by atoms with van der Waals surface area (Å²) in [5.74, 6) is 0.925. The van der Waals surface area contributed by atoms with Gasteiger partial charge in [0.05, 0.1) is 6.61 Å². The molecule has 0 aromatic heterocycles. The predicted octanol–water partition coefficient (Wildman–Crippen LogP) is 3.21. The second kappa shape index (κ2) is 8.18. The minimum absolute atomic E-state index is 0.0579. The zero-order valence-electron chi connectivity index (χ0n) is 12.7. The Morgan fingerprint density at radius 3 is 2.26 bits per heavy atom. The van der Waals surface area contributed by atoms with E-state index in [1.165, 1.54) is 5.56 Å². The van der Waals surface area contributed by atoms with Crippen LogP contribution in [0.2, 0.25) is 0 Å². The zero-order chi connectivity index (χ0) is 14.3. The van der Waals surface area contributed by atoms with E-state index in [0.29, 0.717) is 6.04 Å². The number of hydrogen-bond donors (Lipinski definition) is 1. The number of hydrogen-bond acceptors (Lipinski definition) is 3. The third kappa shape index (κ3) is 5.21. The van der Waals surface area contributed by atoms with Crippen molar-refractivity contribution in [3.05, 3.63) is 29.8 Å². The first-order chi connectivity index (χ1) is 9.08. The van der Waals surface area contributed by atoms with Crippen molar-refractivity contribution < 1.29 is 4.74 Å². The maximum Gasteiger partial charge on any atom is 0.119 e. The first-order valence-corrected chi connectivity index (χ1v) is 7.30. The van der Waals surface area contributed by atoms with Crippen LogP contribution < -0.4 is 10.5 Å². The van der Waals surface area contributed by atoms with Gasteiger partial charge in [-0.15, -0.1) is 0 Å². The Balaban J connectivity index is 2.59. The topological polar surface area (TPSA) is 38.5 Å². The van der Waals surface area contributed by atoms with Crippen LogP contribution in [0.25, 0.3) is 0 Å². The summed E-state index contributed by atoms with van der Waals surface area (Å²) in [5.41, 5.74) is 7.45.